The second kappa shape index (κ2) is 13.7. The summed E-state index contributed by atoms with van der Waals surface area (Å²) in [5, 5.41) is 16.7. The van der Waals surface area contributed by atoms with Crippen LogP contribution in [0.2, 0.25) is 10.3 Å². The van der Waals surface area contributed by atoms with E-state index in [2.05, 4.69) is 45.9 Å². The third-order valence-corrected chi connectivity index (χ3v) is 11.8. The molecule has 4 aliphatic carbocycles. The summed E-state index contributed by atoms with van der Waals surface area (Å²) in [5.41, 5.74) is 5.95. The Balaban J connectivity index is 0.936. The Morgan fingerprint density at radius 2 is 1.55 bits per heavy atom. The molecule has 256 valence electrons. The van der Waals surface area contributed by atoms with Crippen molar-refractivity contribution in [1.82, 2.24) is 20.2 Å². The second-order valence-electron chi connectivity index (χ2n) is 14.7. The average molecular weight is 702 g/mol. The Bertz CT molecular complexity index is 1760. The normalized spacial score (nSPS) is 28.8. The molecule has 5 fully saturated rings. The van der Waals surface area contributed by atoms with Crippen molar-refractivity contribution in [2.75, 3.05) is 0 Å². The summed E-state index contributed by atoms with van der Waals surface area (Å²) in [6.07, 6.45) is 8.69. The number of hydrogen-bond acceptors (Lipinski definition) is 5. The molecule has 1 saturated heterocycles. The lowest BCUT2D eigenvalue weighted by Gasteiger charge is -2.56. The Morgan fingerprint density at radius 1 is 0.857 bits per heavy atom. The molecule has 4 bridgehead atoms. The zero-order valence-corrected chi connectivity index (χ0v) is 28.9. The van der Waals surface area contributed by atoms with Crippen LogP contribution < -0.4 is 10.6 Å². The summed E-state index contributed by atoms with van der Waals surface area (Å²) in [7, 11) is 0. The highest BCUT2D eigenvalue weighted by Crippen LogP contribution is 2.55. The number of rotatable bonds is 9. The monoisotopic (exact) mass is 700 g/mol. The number of aromatic nitrogens is 2. The van der Waals surface area contributed by atoms with Crippen molar-refractivity contribution in [2.24, 2.45) is 17.8 Å². The van der Waals surface area contributed by atoms with E-state index in [4.69, 9.17) is 32.7 Å². The number of ether oxygens (including phenoxy) is 2. The maximum atomic E-state index is 13.1. The number of benzene rings is 3. The van der Waals surface area contributed by atoms with Crippen molar-refractivity contribution in [3.05, 3.63) is 112 Å². The lowest BCUT2D eigenvalue weighted by Crippen LogP contribution is -2.61. The number of aliphatic hydroxyl groups excluding tert-OH is 1. The fourth-order valence-electron chi connectivity index (χ4n) is 9.15. The summed E-state index contributed by atoms with van der Waals surface area (Å²) in [4.78, 5) is 17.2. The van der Waals surface area contributed by atoms with Crippen LogP contribution in [0.15, 0.2) is 79.1 Å². The Hall–Kier alpha value is -3.40. The molecule has 0 unspecified atom stereocenters. The number of nitrogens with one attached hydrogen (secondary N) is 2. The zero-order chi connectivity index (χ0) is 33.5. The van der Waals surface area contributed by atoms with Crippen LogP contribution in [0.4, 0.5) is 4.79 Å². The number of nitrogens with zero attached hydrogens (tertiary/aromatic N) is 2. The first-order valence-corrected chi connectivity index (χ1v) is 18.2. The molecular formula is C39H42Cl2N4O4. The van der Waals surface area contributed by atoms with E-state index < -0.39 is 6.29 Å². The van der Waals surface area contributed by atoms with Crippen LogP contribution in [-0.2, 0) is 29.2 Å². The second-order valence-corrected chi connectivity index (χ2v) is 15.4. The van der Waals surface area contributed by atoms with Crippen molar-refractivity contribution in [1.29, 1.82) is 0 Å². The van der Waals surface area contributed by atoms with Crippen LogP contribution in [0, 0.1) is 17.8 Å². The van der Waals surface area contributed by atoms with E-state index in [0.29, 0.717) is 24.7 Å². The summed E-state index contributed by atoms with van der Waals surface area (Å²) >= 11 is 12.5. The van der Waals surface area contributed by atoms with E-state index in [1.807, 2.05) is 42.5 Å². The number of carbonyl (C=O) groups excluding carboxylic acids is 1. The van der Waals surface area contributed by atoms with Crippen LogP contribution in [0.3, 0.4) is 0 Å². The predicted molar refractivity (Wildman–Crippen MR) is 189 cm³/mol. The van der Waals surface area contributed by atoms with E-state index >= 15 is 0 Å². The molecule has 0 spiro atoms. The number of halogens is 2. The molecule has 2 amide bonds. The van der Waals surface area contributed by atoms with Crippen molar-refractivity contribution >= 4 is 29.2 Å². The number of amides is 2. The first-order chi connectivity index (χ1) is 23.8. The van der Waals surface area contributed by atoms with Crippen molar-refractivity contribution < 1.29 is 19.4 Å². The zero-order valence-electron chi connectivity index (χ0n) is 27.4. The van der Waals surface area contributed by atoms with Crippen LogP contribution in [0.25, 0.3) is 11.1 Å². The lowest BCUT2D eigenvalue weighted by atomic mass is 9.53. The van der Waals surface area contributed by atoms with Crippen LogP contribution in [0.5, 0.6) is 0 Å². The molecule has 4 aromatic rings. The fourth-order valence-corrected chi connectivity index (χ4v) is 9.46. The molecule has 3 aromatic carbocycles. The molecule has 0 radical (unpaired) electrons. The fraction of sp³-hybridized carbons (Fsp3) is 0.436. The standard InChI is InChI=1S/C39H42Cl2N4O4/c40-35-36(41)45(23-43-35)21-33-16-34(30-6-4-24(22-46)5-7-30)49-37(48-33)31-10-8-29(9-11-31)32-3-1-2-25(15-32)20-42-38(47)44-39-17-26-12-27(18-39)14-28(13-26)19-39/h1-11,15,23,26-28,33-34,37,46H,12-14,16-22H2,(H2,42,44,47)/t26?,27?,28?,33-,34+,37+,39?/m0/s1. The minimum Gasteiger partial charge on any atom is -0.392 e. The van der Waals surface area contributed by atoms with Crippen molar-refractivity contribution in [2.45, 2.75) is 88.7 Å². The molecule has 9 rings (SSSR count). The van der Waals surface area contributed by atoms with Gasteiger partial charge in [0, 0.05) is 24.1 Å². The van der Waals surface area contributed by atoms with Gasteiger partial charge in [-0.3, -0.25) is 0 Å². The van der Waals surface area contributed by atoms with Gasteiger partial charge in [0.1, 0.15) is 5.15 Å². The largest absolute Gasteiger partial charge is 0.392 e. The molecule has 10 heteroatoms. The number of aliphatic hydroxyl groups is 1. The summed E-state index contributed by atoms with van der Waals surface area (Å²) < 4.78 is 14.8. The average Bonchev–Trinajstić information content (AvgIpc) is 3.42. The van der Waals surface area contributed by atoms with Gasteiger partial charge in [-0.2, -0.15) is 0 Å². The van der Waals surface area contributed by atoms with Gasteiger partial charge in [0.15, 0.2) is 11.4 Å². The smallest absolute Gasteiger partial charge is 0.315 e. The van der Waals surface area contributed by atoms with Gasteiger partial charge in [0.25, 0.3) is 0 Å². The number of urea groups is 1. The highest BCUT2D eigenvalue weighted by atomic mass is 35.5. The van der Waals surface area contributed by atoms with E-state index in [1.165, 1.54) is 19.3 Å². The summed E-state index contributed by atoms with van der Waals surface area (Å²) in [6.45, 7) is 0.939. The minimum absolute atomic E-state index is 0.000978. The van der Waals surface area contributed by atoms with Crippen LogP contribution in [-0.4, -0.2) is 32.3 Å². The molecular weight excluding hydrogens is 659 g/mol. The summed E-state index contributed by atoms with van der Waals surface area (Å²) in [5.74, 6) is 2.37. The first kappa shape index (κ1) is 32.8. The Morgan fingerprint density at radius 3 is 2.20 bits per heavy atom. The molecule has 1 aromatic heterocycles. The van der Waals surface area contributed by atoms with Gasteiger partial charge >= 0.3 is 6.03 Å². The molecule has 8 nitrogen and oxygen atoms in total. The van der Waals surface area contributed by atoms with Crippen molar-refractivity contribution in [3.63, 3.8) is 0 Å². The summed E-state index contributed by atoms with van der Waals surface area (Å²) in [6, 6.07) is 24.3. The Kier molecular flexibility index (Phi) is 9.18. The van der Waals surface area contributed by atoms with Crippen molar-refractivity contribution in [3.8, 4) is 11.1 Å². The molecule has 2 heterocycles. The van der Waals surface area contributed by atoms with Gasteiger partial charge in [0.05, 0.1) is 31.7 Å². The third kappa shape index (κ3) is 7.12. The van der Waals surface area contributed by atoms with Gasteiger partial charge in [-0.25, -0.2) is 9.78 Å². The van der Waals surface area contributed by atoms with Gasteiger partial charge in [-0.15, -0.1) is 0 Å². The molecule has 3 atom stereocenters. The van der Waals surface area contributed by atoms with E-state index in [-0.39, 0.29) is 35.5 Å². The first-order valence-electron chi connectivity index (χ1n) is 17.4. The maximum Gasteiger partial charge on any atom is 0.315 e. The molecule has 49 heavy (non-hydrogen) atoms. The van der Waals surface area contributed by atoms with E-state index in [9.17, 15) is 9.90 Å². The maximum absolute atomic E-state index is 13.1. The third-order valence-electron chi connectivity index (χ3n) is 11.1. The minimum atomic E-state index is -0.601. The predicted octanol–water partition coefficient (Wildman–Crippen LogP) is 8.36. The highest BCUT2D eigenvalue weighted by molar-refractivity contribution is 6.40. The molecule has 1 aliphatic heterocycles. The van der Waals surface area contributed by atoms with Gasteiger partial charge in [0.2, 0.25) is 0 Å². The van der Waals surface area contributed by atoms with Gasteiger partial charge < -0.3 is 29.8 Å². The SMILES string of the molecule is O=C(NCc1cccc(-c2ccc([C@@H]3O[C@H](Cn4cnc(Cl)c4Cl)C[C@H](c4ccc(CO)cc4)O3)cc2)c1)NC12CC3CC(CC(C3)C1)C2. The molecule has 4 saturated carbocycles. The quantitative estimate of drug-likeness (QED) is 0.163. The Labute approximate surface area is 297 Å². The van der Waals surface area contributed by atoms with Gasteiger partial charge in [-0.05, 0) is 90.2 Å². The topological polar surface area (TPSA) is 97.6 Å². The van der Waals surface area contributed by atoms with E-state index in [0.717, 1.165) is 70.4 Å². The van der Waals surface area contributed by atoms with E-state index in [1.54, 1.807) is 10.9 Å². The lowest BCUT2D eigenvalue weighted by molar-refractivity contribution is -0.252. The highest BCUT2D eigenvalue weighted by Gasteiger charge is 2.51. The molecule has 5 aliphatic rings. The number of hydrogen-bond donors (Lipinski definition) is 3. The number of imidazole rings is 1. The van der Waals surface area contributed by atoms with Crippen LogP contribution in [0.1, 0.15) is 79.6 Å². The van der Waals surface area contributed by atoms with Gasteiger partial charge in [-0.1, -0.05) is 89.9 Å². The molecule has 3 N–H and O–H groups in total. The number of carbonyl (C=O) groups is 1. The van der Waals surface area contributed by atoms with Crippen LogP contribution >= 0.6 is 23.2 Å².